The first-order chi connectivity index (χ1) is 10.1. The zero-order valence-corrected chi connectivity index (χ0v) is 12.3. The smallest absolute Gasteiger partial charge is 0.252 e. The highest BCUT2D eigenvalue weighted by Gasteiger charge is 2.30. The van der Waals surface area contributed by atoms with E-state index in [2.05, 4.69) is 5.32 Å². The molecule has 1 aromatic rings. The fourth-order valence-electron chi connectivity index (χ4n) is 2.16. The number of hydrogen-bond acceptors (Lipinski definition) is 4. The van der Waals surface area contributed by atoms with Crippen LogP contribution in [0.3, 0.4) is 0 Å². The second-order valence-electron chi connectivity index (χ2n) is 4.74. The van der Waals surface area contributed by atoms with Crippen LogP contribution >= 0.6 is 11.6 Å². The molecule has 1 aliphatic heterocycles. The zero-order valence-electron chi connectivity index (χ0n) is 11.5. The number of carbonyl (C=O) groups excluding carboxylic acids is 2. The molecule has 114 valence electrons. The van der Waals surface area contributed by atoms with Crippen LogP contribution in [0.2, 0.25) is 5.02 Å². The summed E-state index contributed by atoms with van der Waals surface area (Å²) in [5, 5.41) is 3.23. The van der Waals surface area contributed by atoms with Gasteiger partial charge in [0.2, 0.25) is 5.91 Å². The van der Waals surface area contributed by atoms with Crippen molar-refractivity contribution >= 4 is 29.1 Å². The van der Waals surface area contributed by atoms with E-state index < -0.39 is 6.10 Å². The minimum Gasteiger partial charge on any atom is -0.366 e. The van der Waals surface area contributed by atoms with E-state index in [0.29, 0.717) is 37.0 Å². The molecule has 0 radical (unpaired) electrons. The van der Waals surface area contributed by atoms with E-state index in [9.17, 15) is 9.59 Å². The maximum absolute atomic E-state index is 12.1. The fourth-order valence-corrected chi connectivity index (χ4v) is 2.35. The highest BCUT2D eigenvalue weighted by atomic mass is 35.5. The van der Waals surface area contributed by atoms with Crippen LogP contribution in [-0.4, -0.2) is 49.1 Å². The van der Waals surface area contributed by atoms with Gasteiger partial charge in [-0.2, -0.15) is 0 Å². The third kappa shape index (κ3) is 4.42. The maximum Gasteiger partial charge on any atom is 0.252 e. The lowest BCUT2D eigenvalue weighted by atomic mass is 10.1. The molecule has 1 aliphatic rings. The molecule has 21 heavy (non-hydrogen) atoms. The lowest BCUT2D eigenvalue weighted by molar-refractivity contribution is -0.154. The molecule has 7 heteroatoms. The monoisotopic (exact) mass is 311 g/mol. The summed E-state index contributed by atoms with van der Waals surface area (Å²) >= 11 is 5.85. The minimum absolute atomic E-state index is 0.0214. The quantitative estimate of drug-likeness (QED) is 0.844. The molecule has 1 saturated heterocycles. The highest BCUT2D eigenvalue weighted by Crippen LogP contribution is 2.16. The molecule has 0 aliphatic carbocycles. The van der Waals surface area contributed by atoms with Gasteiger partial charge >= 0.3 is 0 Å². The van der Waals surface area contributed by atoms with Crippen molar-refractivity contribution in [3.8, 4) is 0 Å². The third-order valence-corrected chi connectivity index (χ3v) is 3.38. The summed E-state index contributed by atoms with van der Waals surface area (Å²) in [6.45, 7) is 1.81. The van der Waals surface area contributed by atoms with Crippen molar-refractivity contribution in [2.45, 2.75) is 12.5 Å². The number of morpholine rings is 1. The average molecular weight is 312 g/mol. The largest absolute Gasteiger partial charge is 0.366 e. The Morgan fingerprint density at radius 1 is 1.52 bits per heavy atom. The van der Waals surface area contributed by atoms with Gasteiger partial charge in [0.15, 0.2) is 0 Å². The van der Waals surface area contributed by atoms with Crippen molar-refractivity contribution in [2.24, 2.45) is 5.73 Å². The average Bonchev–Trinajstić information content (AvgIpc) is 2.43. The van der Waals surface area contributed by atoms with E-state index in [1.54, 1.807) is 29.2 Å². The Hall–Kier alpha value is -1.63. The minimum atomic E-state index is -0.746. The van der Waals surface area contributed by atoms with E-state index in [-0.39, 0.29) is 18.2 Å². The lowest BCUT2D eigenvalue weighted by Crippen LogP contribution is -2.50. The molecule has 2 amide bonds. The molecule has 0 aromatic heterocycles. The number of nitrogens with two attached hydrogens (primary N) is 1. The van der Waals surface area contributed by atoms with Gasteiger partial charge in [0.05, 0.1) is 13.0 Å². The first kappa shape index (κ1) is 15.8. The zero-order chi connectivity index (χ0) is 15.2. The number of anilines is 1. The molecule has 2 rings (SSSR count). The molecule has 1 heterocycles. The molecule has 1 fully saturated rings. The Morgan fingerprint density at radius 2 is 2.33 bits per heavy atom. The van der Waals surface area contributed by atoms with E-state index in [1.165, 1.54) is 0 Å². The van der Waals surface area contributed by atoms with Crippen LogP contribution in [0, 0.1) is 0 Å². The van der Waals surface area contributed by atoms with Crippen LogP contribution < -0.4 is 11.1 Å². The molecular formula is C14H18ClN3O3. The number of hydrogen-bond donors (Lipinski definition) is 2. The van der Waals surface area contributed by atoms with Crippen LogP contribution in [0.25, 0.3) is 0 Å². The summed E-state index contributed by atoms with van der Waals surface area (Å²) in [7, 11) is 0. The van der Waals surface area contributed by atoms with Crippen LogP contribution in [-0.2, 0) is 14.3 Å². The van der Waals surface area contributed by atoms with Gasteiger partial charge in [-0.1, -0.05) is 17.7 Å². The van der Waals surface area contributed by atoms with Gasteiger partial charge in [-0.15, -0.1) is 0 Å². The number of carbonyl (C=O) groups is 2. The van der Waals surface area contributed by atoms with Crippen LogP contribution in [0.4, 0.5) is 5.69 Å². The van der Waals surface area contributed by atoms with Gasteiger partial charge in [0.1, 0.15) is 6.10 Å². The van der Waals surface area contributed by atoms with Crippen LogP contribution in [0.1, 0.15) is 6.42 Å². The Labute approximate surface area is 128 Å². The standard InChI is InChI=1S/C14H18ClN3O3/c15-10-2-1-3-11(8-10)17-13(19)9-12-14(20)18(5-4-16)6-7-21-12/h1-3,8,12H,4-7,9,16H2,(H,17,19)/t12-/m0/s1. The van der Waals surface area contributed by atoms with E-state index >= 15 is 0 Å². The number of nitrogens with one attached hydrogen (secondary N) is 1. The molecule has 0 unspecified atom stereocenters. The van der Waals surface area contributed by atoms with E-state index in [1.807, 2.05) is 0 Å². The summed E-state index contributed by atoms with van der Waals surface area (Å²) in [5.41, 5.74) is 6.05. The molecule has 1 aromatic carbocycles. The number of benzene rings is 1. The van der Waals surface area contributed by atoms with Crippen LogP contribution in [0.5, 0.6) is 0 Å². The Kier molecular flexibility index (Phi) is 5.55. The Morgan fingerprint density at radius 3 is 3.05 bits per heavy atom. The first-order valence-electron chi connectivity index (χ1n) is 6.76. The second kappa shape index (κ2) is 7.40. The van der Waals surface area contributed by atoms with Gasteiger partial charge in [-0.25, -0.2) is 0 Å². The molecule has 1 atom stereocenters. The van der Waals surface area contributed by atoms with Crippen molar-refractivity contribution in [3.05, 3.63) is 29.3 Å². The Bertz CT molecular complexity index is 522. The molecule has 3 N–H and O–H groups in total. The van der Waals surface area contributed by atoms with E-state index in [4.69, 9.17) is 22.1 Å². The van der Waals surface area contributed by atoms with Crippen LogP contribution in [0.15, 0.2) is 24.3 Å². The molecule has 0 bridgehead atoms. The predicted octanol–water partition coefficient (Wildman–Crippen LogP) is 0.855. The van der Waals surface area contributed by atoms with Crippen molar-refractivity contribution in [3.63, 3.8) is 0 Å². The molecule has 0 spiro atoms. The molecular weight excluding hydrogens is 294 g/mol. The lowest BCUT2D eigenvalue weighted by Gasteiger charge is -2.31. The van der Waals surface area contributed by atoms with Gasteiger partial charge < -0.3 is 20.7 Å². The molecule has 0 saturated carbocycles. The summed E-state index contributed by atoms with van der Waals surface area (Å²) in [5.74, 6) is -0.474. The van der Waals surface area contributed by atoms with Crippen molar-refractivity contribution in [1.82, 2.24) is 4.90 Å². The van der Waals surface area contributed by atoms with Gasteiger partial charge in [-0.05, 0) is 18.2 Å². The number of amides is 2. The second-order valence-corrected chi connectivity index (χ2v) is 5.17. The SMILES string of the molecule is NCCN1CCO[C@@H](CC(=O)Nc2cccc(Cl)c2)C1=O. The number of halogens is 1. The first-order valence-corrected chi connectivity index (χ1v) is 7.14. The highest BCUT2D eigenvalue weighted by molar-refractivity contribution is 6.30. The number of ether oxygens (including phenoxy) is 1. The van der Waals surface area contributed by atoms with Crippen molar-refractivity contribution in [1.29, 1.82) is 0 Å². The Balaban J connectivity index is 1.91. The number of rotatable bonds is 5. The normalized spacial score (nSPS) is 18.7. The van der Waals surface area contributed by atoms with Gasteiger partial charge in [0.25, 0.3) is 5.91 Å². The van der Waals surface area contributed by atoms with Crippen molar-refractivity contribution < 1.29 is 14.3 Å². The van der Waals surface area contributed by atoms with E-state index in [0.717, 1.165) is 0 Å². The number of nitrogens with zero attached hydrogens (tertiary/aromatic N) is 1. The predicted molar refractivity (Wildman–Crippen MR) is 80.1 cm³/mol. The summed E-state index contributed by atoms with van der Waals surface area (Å²) in [6.07, 6.45) is -0.767. The summed E-state index contributed by atoms with van der Waals surface area (Å²) in [6, 6.07) is 6.83. The summed E-state index contributed by atoms with van der Waals surface area (Å²) in [4.78, 5) is 25.7. The van der Waals surface area contributed by atoms with Crippen molar-refractivity contribution in [2.75, 3.05) is 31.6 Å². The molecule has 6 nitrogen and oxygen atoms in total. The maximum atomic E-state index is 12.1. The topological polar surface area (TPSA) is 84.7 Å². The van der Waals surface area contributed by atoms with Gasteiger partial charge in [0, 0.05) is 30.3 Å². The third-order valence-electron chi connectivity index (χ3n) is 3.15. The summed E-state index contributed by atoms with van der Waals surface area (Å²) < 4.78 is 5.38. The fraction of sp³-hybridized carbons (Fsp3) is 0.429. The van der Waals surface area contributed by atoms with Gasteiger partial charge in [-0.3, -0.25) is 9.59 Å².